The molecule has 2 aliphatic carbocycles. The molecule has 0 aromatic heterocycles. The van der Waals surface area contributed by atoms with Crippen molar-refractivity contribution in [3.05, 3.63) is 35.4 Å². The van der Waals surface area contributed by atoms with E-state index >= 15 is 0 Å². The van der Waals surface area contributed by atoms with Crippen LogP contribution in [-0.2, 0) is 16.1 Å². The largest absolute Gasteiger partial charge is 0.462 e. The monoisotopic (exact) mass is 612 g/mol. The van der Waals surface area contributed by atoms with E-state index in [0.29, 0.717) is 5.92 Å². The summed E-state index contributed by atoms with van der Waals surface area (Å²) in [6, 6.07) is 6.41. The molecule has 0 aliphatic heterocycles. The molecule has 1 aromatic carbocycles. The summed E-state index contributed by atoms with van der Waals surface area (Å²) >= 11 is 0. The molecule has 1 atom stereocenters. The molecule has 13 heteroatoms. The van der Waals surface area contributed by atoms with Gasteiger partial charge in [0.15, 0.2) is 0 Å². The zero-order valence-electron chi connectivity index (χ0n) is 22.6. The summed E-state index contributed by atoms with van der Waals surface area (Å²) in [5, 5.41) is 0. The molecule has 41 heavy (non-hydrogen) atoms. The van der Waals surface area contributed by atoms with E-state index in [-0.39, 0.29) is 11.5 Å². The van der Waals surface area contributed by atoms with Crippen LogP contribution < -0.4 is 0 Å². The van der Waals surface area contributed by atoms with Crippen LogP contribution >= 0.6 is 0 Å². The minimum atomic E-state index is -7.09. The van der Waals surface area contributed by atoms with Crippen molar-refractivity contribution < 1.29 is 57.8 Å². The first kappa shape index (κ1) is 33.9. The molecule has 2 saturated carbocycles. The van der Waals surface area contributed by atoms with E-state index in [9.17, 15) is 48.3 Å². The lowest BCUT2D eigenvalue weighted by Gasteiger charge is -2.38. The minimum Gasteiger partial charge on any atom is -0.370 e. The Morgan fingerprint density at radius 3 is 1.66 bits per heavy atom. The van der Waals surface area contributed by atoms with Crippen molar-refractivity contribution in [2.24, 2.45) is 17.8 Å². The van der Waals surface area contributed by atoms with Crippen LogP contribution in [0.3, 0.4) is 0 Å². The van der Waals surface area contributed by atoms with Gasteiger partial charge in [-0.2, -0.15) is 48.3 Å². The maximum atomic E-state index is 14.3. The molecule has 0 N–H and O–H groups in total. The molecule has 2 aliphatic rings. The summed E-state index contributed by atoms with van der Waals surface area (Å²) in [4.78, 5) is 0. The van der Waals surface area contributed by atoms with Crippen molar-refractivity contribution in [2.45, 2.75) is 114 Å². The maximum absolute atomic E-state index is 14.3. The first-order chi connectivity index (χ1) is 18.9. The van der Waals surface area contributed by atoms with Gasteiger partial charge in [-0.15, -0.1) is 0 Å². The third kappa shape index (κ3) is 8.06. The maximum Gasteiger partial charge on any atom is 0.462 e. The highest BCUT2D eigenvalue weighted by molar-refractivity contribution is 5.25. The highest BCUT2D eigenvalue weighted by Crippen LogP contribution is 2.51. The van der Waals surface area contributed by atoms with Gasteiger partial charge in [-0.25, -0.2) is 0 Å². The highest BCUT2D eigenvalue weighted by atomic mass is 19.4. The van der Waals surface area contributed by atoms with Gasteiger partial charge in [-0.3, -0.25) is 4.74 Å². The van der Waals surface area contributed by atoms with E-state index in [4.69, 9.17) is 0 Å². The van der Waals surface area contributed by atoms with Crippen LogP contribution in [0, 0.1) is 17.8 Å². The van der Waals surface area contributed by atoms with Crippen molar-refractivity contribution in [3.8, 4) is 0 Å². The quantitative estimate of drug-likeness (QED) is 0.232. The Morgan fingerprint density at radius 1 is 0.683 bits per heavy atom. The summed E-state index contributed by atoms with van der Waals surface area (Å²) in [6.07, 6.45) is -8.45. The average Bonchev–Trinajstić information content (AvgIpc) is 2.88. The Hall–Kier alpha value is -1.63. The molecule has 1 aromatic rings. The van der Waals surface area contributed by atoms with Gasteiger partial charge in [0.1, 0.15) is 6.61 Å². The lowest BCUT2D eigenvalue weighted by atomic mass is 9.68. The third-order valence-corrected chi connectivity index (χ3v) is 8.47. The second-order valence-corrected chi connectivity index (χ2v) is 11.3. The molecule has 0 saturated heterocycles. The van der Waals surface area contributed by atoms with Gasteiger partial charge in [0.25, 0.3) is 0 Å². The first-order valence-electron chi connectivity index (χ1n) is 13.8. The van der Waals surface area contributed by atoms with Crippen LogP contribution in [0.5, 0.6) is 0 Å². The molecule has 2 nitrogen and oxygen atoms in total. The number of alkyl halides is 11. The number of rotatable bonds is 11. The standard InChI is InChI=1S/C28H35F11O2/c1-2-3-18-4-8-20(9-5-18)22-12-14-23(15-13-22)21-10-6-19(7-11-21)16-40-17-24(29,26(32,33)34)41-28(38,39)25(30,31)27(35,36)37/h6-7,10-11,18,20,22-23H,2-5,8-9,12-17H2,1H3. The average molecular weight is 613 g/mol. The first-order valence-corrected chi connectivity index (χ1v) is 13.8. The molecular formula is C28H35F11O2. The van der Waals surface area contributed by atoms with Crippen LogP contribution in [0.1, 0.15) is 88.2 Å². The lowest BCUT2D eigenvalue weighted by Crippen LogP contribution is -2.60. The van der Waals surface area contributed by atoms with Crippen molar-refractivity contribution in [3.63, 3.8) is 0 Å². The molecular weight excluding hydrogens is 577 g/mol. The van der Waals surface area contributed by atoms with E-state index in [1.165, 1.54) is 50.7 Å². The highest BCUT2D eigenvalue weighted by Gasteiger charge is 2.78. The topological polar surface area (TPSA) is 18.5 Å². The van der Waals surface area contributed by atoms with E-state index in [0.717, 1.165) is 43.1 Å². The van der Waals surface area contributed by atoms with Gasteiger partial charge >= 0.3 is 30.2 Å². The number of halogens is 11. The summed E-state index contributed by atoms with van der Waals surface area (Å²) in [7, 11) is 0. The number of benzene rings is 1. The predicted molar refractivity (Wildman–Crippen MR) is 128 cm³/mol. The van der Waals surface area contributed by atoms with Crippen molar-refractivity contribution in [2.75, 3.05) is 6.61 Å². The van der Waals surface area contributed by atoms with Gasteiger partial charge < -0.3 is 4.74 Å². The molecule has 0 radical (unpaired) electrons. The second-order valence-electron chi connectivity index (χ2n) is 11.3. The molecule has 0 heterocycles. The van der Waals surface area contributed by atoms with Gasteiger partial charge in [-0.1, -0.05) is 56.9 Å². The molecule has 2 fully saturated rings. The summed E-state index contributed by atoms with van der Waals surface area (Å²) in [5.74, 6) is -10.1. The molecule has 3 rings (SSSR count). The zero-order valence-corrected chi connectivity index (χ0v) is 22.6. The summed E-state index contributed by atoms with van der Waals surface area (Å²) in [6.45, 7) is -0.946. The third-order valence-electron chi connectivity index (χ3n) is 8.47. The van der Waals surface area contributed by atoms with Crippen LogP contribution in [0.15, 0.2) is 24.3 Å². The molecule has 0 bridgehead atoms. The molecule has 0 amide bonds. The Morgan fingerprint density at radius 2 is 1.20 bits per heavy atom. The predicted octanol–water partition coefficient (Wildman–Crippen LogP) is 10.1. The Labute approximate surface area is 231 Å². The smallest absolute Gasteiger partial charge is 0.370 e. The van der Waals surface area contributed by atoms with E-state index in [1.54, 1.807) is 12.1 Å². The zero-order chi connectivity index (χ0) is 30.7. The minimum absolute atomic E-state index is 0.211. The fourth-order valence-corrected chi connectivity index (χ4v) is 6.07. The van der Waals surface area contributed by atoms with Gasteiger partial charge in [0.2, 0.25) is 0 Å². The van der Waals surface area contributed by atoms with Crippen molar-refractivity contribution in [1.82, 2.24) is 0 Å². The normalized spacial score (nSPS) is 26.5. The van der Waals surface area contributed by atoms with Crippen LogP contribution in [-0.4, -0.2) is 36.8 Å². The fourth-order valence-electron chi connectivity index (χ4n) is 6.07. The SMILES string of the molecule is CCCC1CCC(C2CCC(c3ccc(COCC(F)(OC(F)(F)C(F)(F)C(F)(F)F)C(F)(F)F)cc3)CC2)CC1. The molecule has 0 spiro atoms. The lowest BCUT2D eigenvalue weighted by molar-refractivity contribution is -0.486. The van der Waals surface area contributed by atoms with E-state index in [1.807, 2.05) is 0 Å². The molecule has 236 valence electrons. The van der Waals surface area contributed by atoms with Gasteiger partial charge in [0, 0.05) is 0 Å². The number of ether oxygens (including phenoxy) is 2. The number of hydrogen-bond donors (Lipinski definition) is 0. The Kier molecular flexibility index (Phi) is 10.7. The van der Waals surface area contributed by atoms with Crippen molar-refractivity contribution >= 4 is 0 Å². The van der Waals surface area contributed by atoms with Crippen molar-refractivity contribution in [1.29, 1.82) is 0 Å². The van der Waals surface area contributed by atoms with Gasteiger partial charge in [0.05, 0.1) is 6.61 Å². The number of hydrogen-bond acceptors (Lipinski definition) is 2. The summed E-state index contributed by atoms with van der Waals surface area (Å²) in [5.41, 5.74) is 1.20. The van der Waals surface area contributed by atoms with E-state index in [2.05, 4.69) is 16.4 Å². The van der Waals surface area contributed by atoms with Crippen LogP contribution in [0.2, 0.25) is 0 Å². The van der Waals surface area contributed by atoms with E-state index < -0.39 is 43.5 Å². The van der Waals surface area contributed by atoms with Crippen LogP contribution in [0.25, 0.3) is 0 Å². The fraction of sp³-hybridized carbons (Fsp3) is 0.786. The second kappa shape index (κ2) is 12.9. The summed E-state index contributed by atoms with van der Waals surface area (Å²) < 4.78 is 150. The Balaban J connectivity index is 1.52. The van der Waals surface area contributed by atoms with Crippen LogP contribution in [0.4, 0.5) is 48.3 Å². The Bertz CT molecular complexity index is 945. The van der Waals surface area contributed by atoms with Gasteiger partial charge in [-0.05, 0) is 73.3 Å². The molecule has 1 unspecified atom stereocenters.